The van der Waals surface area contributed by atoms with Crippen LogP contribution in [0.5, 0.6) is 5.75 Å². The van der Waals surface area contributed by atoms with E-state index >= 15 is 0 Å². The smallest absolute Gasteiger partial charge is 0.341 e. The third-order valence-electron chi connectivity index (χ3n) is 5.21. The summed E-state index contributed by atoms with van der Waals surface area (Å²) < 4.78 is 10.9. The van der Waals surface area contributed by atoms with Gasteiger partial charge in [0.2, 0.25) is 11.0 Å². The summed E-state index contributed by atoms with van der Waals surface area (Å²) in [5.74, 6) is -0.210. The van der Waals surface area contributed by atoms with Crippen LogP contribution in [0.25, 0.3) is 0 Å². The molecule has 0 spiro atoms. The minimum Gasteiger partial charge on any atom is -0.497 e. The van der Waals surface area contributed by atoms with Gasteiger partial charge < -0.3 is 14.8 Å². The molecule has 0 atom stereocenters. The number of fused-ring (bicyclic) bond motifs is 1. The summed E-state index contributed by atoms with van der Waals surface area (Å²) in [6, 6.07) is 6.71. The van der Waals surface area contributed by atoms with Gasteiger partial charge in [-0.2, -0.15) is 0 Å². The zero-order chi connectivity index (χ0) is 24.8. The molecule has 4 rings (SSSR count). The van der Waals surface area contributed by atoms with Crippen LogP contribution in [0.1, 0.15) is 50.9 Å². The first-order chi connectivity index (χ1) is 17.0. The number of methoxy groups -OCH3 is 1. The van der Waals surface area contributed by atoms with Gasteiger partial charge in [0.05, 0.1) is 25.0 Å². The Morgan fingerprint density at radius 1 is 1.06 bits per heavy atom. The number of hydrogen-bond donors (Lipinski definition) is 2. The van der Waals surface area contributed by atoms with Crippen LogP contribution in [0.2, 0.25) is 0 Å². The molecule has 0 aliphatic heterocycles. The van der Waals surface area contributed by atoms with Crippen molar-refractivity contribution >= 4 is 62.4 Å². The molecule has 0 fully saturated rings. The number of amides is 2. The lowest BCUT2D eigenvalue weighted by Crippen LogP contribution is -2.17. The van der Waals surface area contributed by atoms with Crippen LogP contribution < -0.4 is 15.4 Å². The van der Waals surface area contributed by atoms with Crippen molar-refractivity contribution in [3.8, 4) is 5.75 Å². The molecular formula is C23H24N4O5S3. The molecule has 1 aromatic carbocycles. The quantitative estimate of drug-likeness (QED) is 0.232. The number of aromatic nitrogens is 2. The molecule has 9 nitrogen and oxygen atoms in total. The largest absolute Gasteiger partial charge is 0.497 e. The first kappa shape index (κ1) is 25.1. The molecule has 2 N–H and O–H groups in total. The highest BCUT2D eigenvalue weighted by atomic mass is 32.2. The molecule has 0 saturated carbocycles. The first-order valence-corrected chi connectivity index (χ1v) is 13.6. The number of nitrogens with one attached hydrogen (secondary N) is 2. The average Bonchev–Trinajstić information content (AvgIpc) is 3.46. The van der Waals surface area contributed by atoms with Crippen LogP contribution in [0, 0.1) is 0 Å². The lowest BCUT2D eigenvalue weighted by Gasteiger charge is -2.12. The summed E-state index contributed by atoms with van der Waals surface area (Å²) in [6.45, 7) is 2.04. The summed E-state index contributed by atoms with van der Waals surface area (Å²) in [4.78, 5) is 38.7. The fourth-order valence-corrected chi connectivity index (χ4v) is 6.43. The van der Waals surface area contributed by atoms with E-state index in [0.717, 1.165) is 36.1 Å². The van der Waals surface area contributed by atoms with Crippen molar-refractivity contribution < 1.29 is 23.9 Å². The van der Waals surface area contributed by atoms with E-state index < -0.39 is 5.97 Å². The zero-order valence-corrected chi connectivity index (χ0v) is 21.7. The van der Waals surface area contributed by atoms with Crippen LogP contribution in [0.4, 0.5) is 10.1 Å². The van der Waals surface area contributed by atoms with E-state index in [1.54, 1.807) is 38.3 Å². The molecule has 2 heterocycles. The predicted octanol–water partition coefficient (Wildman–Crippen LogP) is 4.65. The monoisotopic (exact) mass is 532 g/mol. The number of hydrogen-bond acceptors (Lipinski definition) is 10. The van der Waals surface area contributed by atoms with Gasteiger partial charge in [0.15, 0.2) is 4.34 Å². The van der Waals surface area contributed by atoms with E-state index in [4.69, 9.17) is 9.47 Å². The van der Waals surface area contributed by atoms with E-state index in [9.17, 15) is 14.4 Å². The molecule has 1 aliphatic carbocycles. The third-order valence-corrected chi connectivity index (χ3v) is 8.39. The summed E-state index contributed by atoms with van der Waals surface area (Å²) in [6.07, 6.45) is 3.83. The minimum absolute atomic E-state index is 0.0892. The number of benzene rings is 1. The van der Waals surface area contributed by atoms with Crippen molar-refractivity contribution in [1.29, 1.82) is 0 Å². The molecule has 0 bridgehead atoms. The Hall–Kier alpha value is -2.96. The number of carbonyl (C=O) groups excluding carboxylic acids is 3. The zero-order valence-electron chi connectivity index (χ0n) is 19.2. The van der Waals surface area contributed by atoms with Gasteiger partial charge >= 0.3 is 5.97 Å². The summed E-state index contributed by atoms with van der Waals surface area (Å²) in [5.41, 5.74) is 1.96. The fourth-order valence-electron chi connectivity index (χ4n) is 3.59. The number of esters is 1. The maximum atomic E-state index is 12.7. The number of thioether (sulfide) groups is 1. The summed E-state index contributed by atoms with van der Waals surface area (Å²) >= 11 is 3.84. The van der Waals surface area contributed by atoms with Crippen LogP contribution in [0.3, 0.4) is 0 Å². The van der Waals surface area contributed by atoms with E-state index in [2.05, 4.69) is 20.8 Å². The molecular weight excluding hydrogens is 508 g/mol. The van der Waals surface area contributed by atoms with E-state index in [1.165, 1.54) is 34.4 Å². The Balaban J connectivity index is 1.34. The number of aryl methyl sites for hydroxylation is 1. The standard InChI is InChI=1S/C23H24N4O5S3/c1-3-32-21(30)18-15-6-4-5-7-16(15)34-20(18)24-17(28)12-33-23-27-26-22(35-23)25-19(29)13-8-10-14(31-2)11-9-13/h8-11H,3-7,12H2,1-2H3,(H,24,28)(H,25,26,29). The lowest BCUT2D eigenvalue weighted by molar-refractivity contribution is -0.113. The Bertz CT molecular complexity index is 1220. The van der Waals surface area contributed by atoms with Crippen LogP contribution >= 0.6 is 34.4 Å². The van der Waals surface area contributed by atoms with Crippen LogP contribution in [-0.4, -0.2) is 47.5 Å². The molecule has 35 heavy (non-hydrogen) atoms. The van der Waals surface area contributed by atoms with Gasteiger partial charge in [-0.3, -0.25) is 14.9 Å². The van der Waals surface area contributed by atoms with Gasteiger partial charge in [-0.15, -0.1) is 21.5 Å². The molecule has 2 amide bonds. The van der Waals surface area contributed by atoms with Crippen molar-refractivity contribution in [1.82, 2.24) is 10.2 Å². The SMILES string of the molecule is CCOC(=O)c1c(NC(=O)CSc2nnc(NC(=O)c3ccc(OC)cc3)s2)sc2c1CCCC2. The van der Waals surface area contributed by atoms with Crippen molar-refractivity contribution in [3.63, 3.8) is 0 Å². The number of carbonyl (C=O) groups is 3. The number of ether oxygens (including phenoxy) is 2. The van der Waals surface area contributed by atoms with Crippen LogP contribution in [-0.2, 0) is 22.4 Å². The van der Waals surface area contributed by atoms with Crippen LogP contribution in [0.15, 0.2) is 28.6 Å². The highest BCUT2D eigenvalue weighted by Crippen LogP contribution is 2.39. The second-order valence-corrected chi connectivity index (χ2v) is 10.8. The van der Waals surface area contributed by atoms with Gasteiger partial charge in [-0.25, -0.2) is 4.79 Å². The summed E-state index contributed by atoms with van der Waals surface area (Å²) in [7, 11) is 1.56. The number of anilines is 2. The molecule has 184 valence electrons. The molecule has 0 radical (unpaired) electrons. The molecule has 1 aliphatic rings. The molecule has 3 aromatic rings. The first-order valence-electron chi connectivity index (χ1n) is 11.0. The normalized spacial score (nSPS) is 12.5. The second kappa shape index (κ2) is 11.6. The topological polar surface area (TPSA) is 120 Å². The average molecular weight is 533 g/mol. The molecule has 0 unspecified atom stereocenters. The van der Waals surface area contributed by atoms with Gasteiger partial charge in [0.25, 0.3) is 5.91 Å². The Kier molecular flexibility index (Phi) is 8.37. The Morgan fingerprint density at radius 3 is 2.57 bits per heavy atom. The number of rotatable bonds is 9. The number of nitrogens with zero attached hydrogens (tertiary/aromatic N) is 2. The second-order valence-electron chi connectivity index (χ2n) is 7.53. The highest BCUT2D eigenvalue weighted by molar-refractivity contribution is 8.01. The van der Waals surface area contributed by atoms with E-state index in [0.29, 0.717) is 31.3 Å². The summed E-state index contributed by atoms with van der Waals surface area (Å²) in [5, 5.41) is 14.5. The highest BCUT2D eigenvalue weighted by Gasteiger charge is 2.27. The van der Waals surface area contributed by atoms with Gasteiger partial charge in [-0.1, -0.05) is 23.1 Å². The van der Waals surface area contributed by atoms with Crippen molar-refractivity contribution in [2.24, 2.45) is 0 Å². The number of thiophene rings is 1. The van der Waals surface area contributed by atoms with Gasteiger partial charge in [-0.05, 0) is 62.4 Å². The van der Waals surface area contributed by atoms with Crippen molar-refractivity contribution in [2.45, 2.75) is 36.9 Å². The molecule has 12 heteroatoms. The van der Waals surface area contributed by atoms with E-state index in [-0.39, 0.29) is 24.2 Å². The van der Waals surface area contributed by atoms with Crippen molar-refractivity contribution in [2.75, 3.05) is 30.1 Å². The molecule has 0 saturated heterocycles. The lowest BCUT2D eigenvalue weighted by atomic mass is 9.95. The predicted molar refractivity (Wildman–Crippen MR) is 137 cm³/mol. The molecule has 2 aromatic heterocycles. The fraction of sp³-hybridized carbons (Fsp3) is 0.348. The van der Waals surface area contributed by atoms with Gasteiger partial charge in [0.1, 0.15) is 10.8 Å². The van der Waals surface area contributed by atoms with Gasteiger partial charge in [0, 0.05) is 10.4 Å². The maximum absolute atomic E-state index is 12.7. The minimum atomic E-state index is -0.392. The maximum Gasteiger partial charge on any atom is 0.341 e. The van der Waals surface area contributed by atoms with Crippen molar-refractivity contribution in [3.05, 3.63) is 45.8 Å². The van der Waals surface area contributed by atoms with E-state index in [1.807, 2.05) is 0 Å². The Labute approximate surface area is 214 Å². The Morgan fingerprint density at radius 2 is 1.83 bits per heavy atom. The third kappa shape index (κ3) is 6.19.